The SMILES string of the molecule is CCN(CC)c1ccc(C[NH2+][C@@H](C)[C@H](O)c2ccccc2)cc1. The summed E-state index contributed by atoms with van der Waals surface area (Å²) in [6.07, 6.45) is -0.439. The Balaban J connectivity index is 1.90. The molecule has 0 spiro atoms. The van der Waals surface area contributed by atoms with E-state index in [0.717, 1.165) is 25.2 Å². The molecule has 2 rings (SSSR count). The zero-order valence-corrected chi connectivity index (χ0v) is 14.4. The summed E-state index contributed by atoms with van der Waals surface area (Å²) in [6, 6.07) is 18.7. The maximum absolute atomic E-state index is 10.4. The summed E-state index contributed by atoms with van der Waals surface area (Å²) in [6.45, 7) is 9.37. The minimum Gasteiger partial charge on any atom is -0.382 e. The molecule has 124 valence electrons. The van der Waals surface area contributed by atoms with Gasteiger partial charge in [0.2, 0.25) is 0 Å². The minimum absolute atomic E-state index is 0.125. The number of aliphatic hydroxyl groups is 1. The van der Waals surface area contributed by atoms with E-state index >= 15 is 0 Å². The second-order valence-electron chi connectivity index (χ2n) is 5.99. The van der Waals surface area contributed by atoms with Crippen LogP contribution in [0.15, 0.2) is 54.6 Å². The van der Waals surface area contributed by atoms with Gasteiger partial charge < -0.3 is 15.3 Å². The molecule has 2 atom stereocenters. The molecule has 0 radical (unpaired) electrons. The topological polar surface area (TPSA) is 40.1 Å². The van der Waals surface area contributed by atoms with Gasteiger partial charge in [0.25, 0.3) is 0 Å². The summed E-state index contributed by atoms with van der Waals surface area (Å²) in [7, 11) is 0. The molecular weight excluding hydrogens is 284 g/mol. The van der Waals surface area contributed by atoms with Crippen LogP contribution in [0.1, 0.15) is 38.0 Å². The van der Waals surface area contributed by atoms with Gasteiger partial charge in [-0.05, 0) is 38.5 Å². The van der Waals surface area contributed by atoms with Crippen molar-refractivity contribution in [2.75, 3.05) is 18.0 Å². The monoisotopic (exact) mass is 313 g/mol. The normalized spacial score (nSPS) is 13.6. The third-order valence-corrected chi connectivity index (χ3v) is 4.43. The van der Waals surface area contributed by atoms with E-state index in [0.29, 0.717) is 0 Å². The smallest absolute Gasteiger partial charge is 0.130 e. The molecule has 3 heteroatoms. The predicted octanol–water partition coefficient (Wildman–Crippen LogP) is 2.72. The van der Waals surface area contributed by atoms with Gasteiger partial charge in [-0.2, -0.15) is 0 Å². The van der Waals surface area contributed by atoms with Gasteiger partial charge in [0, 0.05) is 24.3 Å². The van der Waals surface area contributed by atoms with Crippen LogP contribution in [0.2, 0.25) is 0 Å². The van der Waals surface area contributed by atoms with Crippen LogP contribution in [0.5, 0.6) is 0 Å². The van der Waals surface area contributed by atoms with E-state index in [1.807, 2.05) is 30.3 Å². The van der Waals surface area contributed by atoms with Crippen LogP contribution < -0.4 is 10.2 Å². The number of rotatable bonds is 8. The van der Waals surface area contributed by atoms with E-state index in [4.69, 9.17) is 0 Å². The number of benzene rings is 2. The third kappa shape index (κ3) is 4.81. The summed E-state index contributed by atoms with van der Waals surface area (Å²) in [5.41, 5.74) is 3.54. The lowest BCUT2D eigenvalue weighted by Crippen LogP contribution is -2.88. The van der Waals surface area contributed by atoms with Gasteiger partial charge >= 0.3 is 0 Å². The average Bonchev–Trinajstić information content (AvgIpc) is 2.62. The maximum atomic E-state index is 10.4. The Kier molecular flexibility index (Phi) is 6.63. The average molecular weight is 313 g/mol. The van der Waals surface area contributed by atoms with Crippen LogP contribution in [-0.2, 0) is 6.54 Å². The van der Waals surface area contributed by atoms with E-state index in [1.165, 1.54) is 11.3 Å². The first kappa shape index (κ1) is 17.5. The molecule has 0 unspecified atom stereocenters. The Morgan fingerprint density at radius 1 is 0.957 bits per heavy atom. The predicted molar refractivity (Wildman–Crippen MR) is 96.5 cm³/mol. The highest BCUT2D eigenvalue weighted by molar-refractivity contribution is 5.47. The molecule has 2 aromatic carbocycles. The number of aliphatic hydroxyl groups excluding tert-OH is 1. The second kappa shape index (κ2) is 8.70. The standard InChI is InChI=1S/C20H28N2O/c1-4-22(5-2)19-13-11-17(12-14-19)15-21-16(3)20(23)18-9-7-6-8-10-18/h6-14,16,20-21,23H,4-5,15H2,1-3H3/p+1/t16-,20-/m0/s1. The van der Waals surface area contributed by atoms with Crippen molar-refractivity contribution in [2.24, 2.45) is 0 Å². The first-order valence-electron chi connectivity index (χ1n) is 8.56. The Labute approximate surface area is 140 Å². The van der Waals surface area contributed by atoms with Gasteiger partial charge in [0.05, 0.1) is 0 Å². The number of quaternary nitrogens is 1. The Morgan fingerprint density at radius 2 is 1.57 bits per heavy atom. The summed E-state index contributed by atoms with van der Waals surface area (Å²) >= 11 is 0. The zero-order valence-electron chi connectivity index (χ0n) is 14.4. The highest BCUT2D eigenvalue weighted by atomic mass is 16.3. The summed E-state index contributed by atoms with van der Waals surface area (Å²) in [5, 5.41) is 12.6. The molecule has 0 aromatic heterocycles. The molecule has 0 saturated heterocycles. The van der Waals surface area contributed by atoms with Crippen LogP contribution in [0.25, 0.3) is 0 Å². The first-order valence-corrected chi connectivity index (χ1v) is 8.56. The van der Waals surface area contributed by atoms with Crippen LogP contribution in [0, 0.1) is 0 Å². The number of nitrogens with zero attached hydrogens (tertiary/aromatic N) is 1. The number of anilines is 1. The van der Waals surface area contributed by atoms with Crippen LogP contribution in [0.4, 0.5) is 5.69 Å². The molecule has 0 bridgehead atoms. The minimum atomic E-state index is -0.439. The molecule has 0 aliphatic rings. The molecule has 0 aliphatic carbocycles. The fraction of sp³-hybridized carbons (Fsp3) is 0.400. The van der Waals surface area contributed by atoms with Crippen molar-refractivity contribution < 1.29 is 10.4 Å². The lowest BCUT2D eigenvalue weighted by Gasteiger charge is -2.21. The van der Waals surface area contributed by atoms with E-state index in [9.17, 15) is 5.11 Å². The molecule has 0 aliphatic heterocycles. The van der Waals surface area contributed by atoms with E-state index in [2.05, 4.69) is 55.3 Å². The number of hydrogen-bond acceptors (Lipinski definition) is 2. The molecule has 2 aromatic rings. The summed E-state index contributed by atoms with van der Waals surface area (Å²) in [5.74, 6) is 0. The molecule has 0 saturated carbocycles. The van der Waals surface area contributed by atoms with Gasteiger partial charge in [-0.1, -0.05) is 42.5 Å². The van der Waals surface area contributed by atoms with Crippen LogP contribution >= 0.6 is 0 Å². The molecule has 3 N–H and O–H groups in total. The quantitative estimate of drug-likeness (QED) is 0.787. The van der Waals surface area contributed by atoms with Gasteiger partial charge in [0.15, 0.2) is 0 Å². The largest absolute Gasteiger partial charge is 0.382 e. The van der Waals surface area contributed by atoms with E-state index in [1.54, 1.807) is 0 Å². The Hall–Kier alpha value is -1.84. The molecule has 0 heterocycles. The van der Waals surface area contributed by atoms with E-state index < -0.39 is 6.10 Å². The third-order valence-electron chi connectivity index (χ3n) is 4.43. The highest BCUT2D eigenvalue weighted by Gasteiger charge is 2.18. The molecule has 0 amide bonds. The molecule has 0 fully saturated rings. The van der Waals surface area contributed by atoms with Crippen molar-refractivity contribution in [3.05, 3.63) is 65.7 Å². The lowest BCUT2D eigenvalue weighted by atomic mass is 10.0. The number of hydrogen-bond donors (Lipinski definition) is 2. The van der Waals surface area contributed by atoms with Gasteiger partial charge in [-0.3, -0.25) is 0 Å². The van der Waals surface area contributed by atoms with Crippen molar-refractivity contribution in [1.82, 2.24) is 0 Å². The second-order valence-corrected chi connectivity index (χ2v) is 5.99. The van der Waals surface area contributed by atoms with Gasteiger partial charge in [-0.15, -0.1) is 0 Å². The fourth-order valence-corrected chi connectivity index (χ4v) is 2.84. The van der Waals surface area contributed by atoms with Crippen molar-refractivity contribution in [1.29, 1.82) is 0 Å². The van der Waals surface area contributed by atoms with Crippen molar-refractivity contribution in [3.8, 4) is 0 Å². The van der Waals surface area contributed by atoms with Crippen LogP contribution in [-0.4, -0.2) is 24.2 Å². The van der Waals surface area contributed by atoms with Gasteiger partial charge in [-0.25, -0.2) is 0 Å². The fourth-order valence-electron chi connectivity index (χ4n) is 2.84. The van der Waals surface area contributed by atoms with Crippen LogP contribution in [0.3, 0.4) is 0 Å². The molecule has 3 nitrogen and oxygen atoms in total. The highest BCUT2D eigenvalue weighted by Crippen LogP contribution is 2.15. The first-order chi connectivity index (χ1) is 11.2. The summed E-state index contributed by atoms with van der Waals surface area (Å²) < 4.78 is 0. The lowest BCUT2D eigenvalue weighted by molar-refractivity contribution is -0.709. The maximum Gasteiger partial charge on any atom is 0.130 e. The Morgan fingerprint density at radius 3 is 2.13 bits per heavy atom. The molecule has 23 heavy (non-hydrogen) atoms. The summed E-state index contributed by atoms with van der Waals surface area (Å²) in [4.78, 5) is 2.34. The molecular formula is C20H29N2O+. The van der Waals surface area contributed by atoms with Crippen molar-refractivity contribution >= 4 is 5.69 Å². The zero-order chi connectivity index (χ0) is 16.7. The Bertz CT molecular complexity index is 564. The van der Waals surface area contributed by atoms with E-state index in [-0.39, 0.29) is 6.04 Å². The van der Waals surface area contributed by atoms with Crippen molar-refractivity contribution in [3.63, 3.8) is 0 Å². The van der Waals surface area contributed by atoms with Gasteiger partial charge in [0.1, 0.15) is 18.7 Å². The van der Waals surface area contributed by atoms with Crippen molar-refractivity contribution in [2.45, 2.75) is 39.5 Å². The number of nitrogens with two attached hydrogens (primary N) is 1.